The Bertz CT molecular complexity index is 872. The highest BCUT2D eigenvalue weighted by molar-refractivity contribution is 5.84. The SMILES string of the molecule is CCC[C@@H]1OC(=O)[C@@H](C)C[C@@H](C)CCCCC(=O)CCCC(C)/C=C/C=C(\COC)CC[C@@H](O)[C@@H](O)C[C@H](O)CNC1=O. The van der Waals surface area contributed by atoms with E-state index in [4.69, 9.17) is 9.47 Å². The van der Waals surface area contributed by atoms with Gasteiger partial charge < -0.3 is 30.1 Å². The lowest BCUT2D eigenvalue weighted by Gasteiger charge is -2.23. The first-order valence-corrected chi connectivity index (χ1v) is 16.4. The predicted octanol–water partition coefficient (Wildman–Crippen LogP) is 4.81. The van der Waals surface area contributed by atoms with Crippen molar-refractivity contribution in [3.05, 3.63) is 23.8 Å². The molecule has 0 aliphatic carbocycles. The Labute approximate surface area is 259 Å². The Kier molecular flexibility index (Phi) is 20.3. The number of aliphatic hydroxyl groups is 3. The number of amides is 1. The van der Waals surface area contributed by atoms with Crippen LogP contribution in [0, 0.1) is 17.8 Å². The molecule has 1 unspecified atom stereocenters. The molecular formula is C34H59NO8. The quantitative estimate of drug-likeness (QED) is 0.333. The lowest BCUT2D eigenvalue weighted by Crippen LogP contribution is -2.43. The van der Waals surface area contributed by atoms with Crippen molar-refractivity contribution in [1.82, 2.24) is 5.32 Å². The third-order valence-corrected chi connectivity index (χ3v) is 8.11. The number of hydrogen-bond acceptors (Lipinski definition) is 8. The zero-order chi connectivity index (χ0) is 32.2. The number of β-amino-alcohol motifs (C(OH)–C–C–N with tert-alkyl or cyclic N) is 1. The number of cyclic esters (lactones) is 1. The molecule has 248 valence electrons. The van der Waals surface area contributed by atoms with Crippen molar-refractivity contribution in [1.29, 1.82) is 0 Å². The predicted molar refractivity (Wildman–Crippen MR) is 168 cm³/mol. The van der Waals surface area contributed by atoms with Gasteiger partial charge in [-0.25, -0.2) is 0 Å². The number of hydrogen-bond donors (Lipinski definition) is 4. The van der Waals surface area contributed by atoms with Gasteiger partial charge >= 0.3 is 5.97 Å². The average Bonchev–Trinajstić information content (AvgIpc) is 2.95. The number of esters is 1. The van der Waals surface area contributed by atoms with E-state index in [9.17, 15) is 29.7 Å². The summed E-state index contributed by atoms with van der Waals surface area (Å²) in [7, 11) is 1.60. The second-order valence-corrected chi connectivity index (χ2v) is 12.6. The molecule has 0 aromatic rings. The van der Waals surface area contributed by atoms with Crippen molar-refractivity contribution >= 4 is 17.7 Å². The molecule has 0 bridgehead atoms. The fourth-order valence-corrected chi connectivity index (χ4v) is 5.38. The van der Waals surface area contributed by atoms with Gasteiger partial charge in [-0.3, -0.25) is 14.4 Å². The molecular weight excluding hydrogens is 550 g/mol. The molecule has 0 aromatic heterocycles. The molecule has 0 fully saturated rings. The van der Waals surface area contributed by atoms with E-state index in [-0.39, 0.29) is 31.2 Å². The number of aliphatic hydroxyl groups excluding tert-OH is 3. The lowest BCUT2D eigenvalue weighted by molar-refractivity contribution is -0.160. The van der Waals surface area contributed by atoms with Crippen molar-refractivity contribution in [2.45, 2.75) is 136 Å². The van der Waals surface area contributed by atoms with Gasteiger partial charge in [0.05, 0.1) is 30.8 Å². The lowest BCUT2D eigenvalue weighted by atomic mass is 9.92. The molecule has 1 heterocycles. The van der Waals surface area contributed by atoms with Gasteiger partial charge in [0.2, 0.25) is 0 Å². The van der Waals surface area contributed by atoms with E-state index in [1.807, 2.05) is 26.0 Å². The maximum Gasteiger partial charge on any atom is 0.309 e. The zero-order valence-electron chi connectivity index (χ0n) is 27.3. The van der Waals surface area contributed by atoms with Crippen LogP contribution in [0.1, 0.15) is 111 Å². The summed E-state index contributed by atoms with van der Waals surface area (Å²) in [4.78, 5) is 38.0. The molecule has 1 aliphatic heterocycles. The molecule has 0 aromatic carbocycles. The van der Waals surface area contributed by atoms with E-state index in [1.165, 1.54) is 0 Å². The number of allylic oxidation sites excluding steroid dienone is 3. The van der Waals surface area contributed by atoms with Crippen LogP contribution < -0.4 is 5.32 Å². The minimum atomic E-state index is -1.17. The van der Waals surface area contributed by atoms with Crippen LogP contribution in [-0.2, 0) is 23.9 Å². The van der Waals surface area contributed by atoms with E-state index in [0.717, 1.165) is 37.7 Å². The zero-order valence-corrected chi connectivity index (χ0v) is 27.3. The highest BCUT2D eigenvalue weighted by Gasteiger charge is 2.27. The van der Waals surface area contributed by atoms with Crippen LogP contribution in [0.4, 0.5) is 0 Å². The van der Waals surface area contributed by atoms with Crippen LogP contribution in [0.15, 0.2) is 23.8 Å². The van der Waals surface area contributed by atoms with Crippen molar-refractivity contribution in [3.63, 3.8) is 0 Å². The molecule has 1 rings (SSSR count). The molecule has 0 saturated carbocycles. The summed E-state index contributed by atoms with van der Waals surface area (Å²) in [6.45, 7) is 8.19. The molecule has 43 heavy (non-hydrogen) atoms. The molecule has 9 heteroatoms. The molecule has 9 nitrogen and oxygen atoms in total. The van der Waals surface area contributed by atoms with Crippen LogP contribution >= 0.6 is 0 Å². The minimum Gasteiger partial charge on any atom is -0.452 e. The number of ether oxygens (including phenoxy) is 2. The van der Waals surface area contributed by atoms with Gasteiger partial charge in [0, 0.05) is 32.9 Å². The number of nitrogens with one attached hydrogen (secondary N) is 1. The molecule has 0 radical (unpaired) electrons. The van der Waals surface area contributed by atoms with Crippen LogP contribution in [0.25, 0.3) is 0 Å². The van der Waals surface area contributed by atoms with Crippen molar-refractivity contribution in [3.8, 4) is 0 Å². The highest BCUT2D eigenvalue weighted by Crippen LogP contribution is 2.21. The number of carbonyl (C=O) groups excluding carboxylic acids is 3. The van der Waals surface area contributed by atoms with Crippen LogP contribution in [0.5, 0.6) is 0 Å². The van der Waals surface area contributed by atoms with Gasteiger partial charge in [-0.2, -0.15) is 0 Å². The molecule has 4 N–H and O–H groups in total. The van der Waals surface area contributed by atoms with Crippen molar-refractivity contribution in [2.24, 2.45) is 17.8 Å². The summed E-state index contributed by atoms with van der Waals surface area (Å²) in [6, 6.07) is 0. The van der Waals surface area contributed by atoms with Gasteiger partial charge in [0.25, 0.3) is 5.91 Å². The molecule has 1 amide bonds. The first kappa shape index (κ1) is 39.0. The Morgan fingerprint density at radius 3 is 2.35 bits per heavy atom. The highest BCUT2D eigenvalue weighted by atomic mass is 16.5. The first-order valence-electron chi connectivity index (χ1n) is 16.4. The normalized spacial score (nSPS) is 33.3. The summed E-state index contributed by atoms with van der Waals surface area (Å²) in [5, 5.41) is 34.0. The summed E-state index contributed by atoms with van der Waals surface area (Å²) >= 11 is 0. The largest absolute Gasteiger partial charge is 0.452 e. The second-order valence-electron chi connectivity index (χ2n) is 12.6. The molecule has 0 spiro atoms. The Hall–Kier alpha value is -2.07. The Morgan fingerprint density at radius 2 is 1.65 bits per heavy atom. The van der Waals surface area contributed by atoms with E-state index >= 15 is 0 Å². The van der Waals surface area contributed by atoms with Gasteiger partial charge in [-0.15, -0.1) is 0 Å². The average molecular weight is 610 g/mol. The number of rotatable bonds is 4. The van der Waals surface area contributed by atoms with Gasteiger partial charge in [0.1, 0.15) is 5.78 Å². The number of Topliss-reactive ketones (excluding diaryl/α,β-unsaturated/α-hetero) is 1. The van der Waals surface area contributed by atoms with E-state index in [0.29, 0.717) is 56.8 Å². The van der Waals surface area contributed by atoms with E-state index in [2.05, 4.69) is 25.2 Å². The third-order valence-electron chi connectivity index (χ3n) is 8.11. The van der Waals surface area contributed by atoms with Gasteiger partial charge in [0.15, 0.2) is 6.10 Å². The first-order chi connectivity index (χ1) is 20.5. The maximum absolute atomic E-state index is 12.8. The minimum absolute atomic E-state index is 0.113. The smallest absolute Gasteiger partial charge is 0.309 e. The Balaban J connectivity index is 2.92. The number of methoxy groups -OCH3 is 1. The third kappa shape index (κ3) is 17.7. The van der Waals surface area contributed by atoms with Crippen molar-refractivity contribution in [2.75, 3.05) is 20.3 Å². The molecule has 0 saturated heterocycles. The monoisotopic (exact) mass is 609 g/mol. The standard InChI is InChI=1S/C34H59NO8/c1-6-11-32-33(40)35-22-29(37)21-31(39)30(38)19-18-27(23-42-5)15-9-13-24(2)14-10-17-28(36)16-8-7-12-25(3)20-26(4)34(41)43-32/h9,13,15,24-26,29-32,37-39H,6-8,10-12,14,16-23H2,1-5H3,(H,35,40)/b13-9+,27-15-/t24?,25-,26-,29-,30+,31-,32-/m0/s1. The molecule has 7 atom stereocenters. The van der Waals surface area contributed by atoms with Gasteiger partial charge in [-0.1, -0.05) is 65.2 Å². The summed E-state index contributed by atoms with van der Waals surface area (Å²) < 4.78 is 10.9. The fraction of sp³-hybridized carbons (Fsp3) is 0.794. The topological polar surface area (TPSA) is 142 Å². The molecule has 1 aliphatic rings. The van der Waals surface area contributed by atoms with E-state index in [1.54, 1.807) is 7.11 Å². The van der Waals surface area contributed by atoms with Gasteiger partial charge in [-0.05, 0) is 62.4 Å². The summed E-state index contributed by atoms with van der Waals surface area (Å²) in [5.41, 5.74) is 0.966. The van der Waals surface area contributed by atoms with Crippen molar-refractivity contribution < 1.29 is 39.2 Å². The van der Waals surface area contributed by atoms with Crippen LogP contribution in [-0.4, -0.2) is 77.7 Å². The van der Waals surface area contributed by atoms with Crippen LogP contribution in [0.3, 0.4) is 0 Å². The Morgan fingerprint density at radius 1 is 0.930 bits per heavy atom. The number of carbonyl (C=O) groups is 3. The number of ketones is 1. The summed E-state index contributed by atoms with van der Waals surface area (Å²) in [5.74, 6) is -0.377. The maximum atomic E-state index is 12.8. The fourth-order valence-electron chi connectivity index (χ4n) is 5.38. The second kappa shape index (κ2) is 22.4. The summed E-state index contributed by atoms with van der Waals surface area (Å²) in [6.07, 6.45) is 9.73. The van der Waals surface area contributed by atoms with E-state index < -0.39 is 36.3 Å². The van der Waals surface area contributed by atoms with Crippen LogP contribution in [0.2, 0.25) is 0 Å².